The lowest BCUT2D eigenvalue weighted by molar-refractivity contribution is -0.155. The number of piperidine rings is 1. The summed E-state index contributed by atoms with van der Waals surface area (Å²) in [5.74, 6) is 7.65. The molecule has 5 nitrogen and oxygen atoms in total. The van der Waals surface area contributed by atoms with Gasteiger partial charge in [-0.1, -0.05) is 29.5 Å². The van der Waals surface area contributed by atoms with E-state index in [1.165, 1.54) is 5.56 Å². The van der Waals surface area contributed by atoms with E-state index in [4.69, 9.17) is 25.8 Å². The van der Waals surface area contributed by atoms with Crippen molar-refractivity contribution >= 4 is 17.6 Å². The number of esters is 1. The Kier molecular flexibility index (Phi) is 7.40. The molecule has 180 valence electrons. The van der Waals surface area contributed by atoms with E-state index < -0.39 is 5.60 Å². The summed E-state index contributed by atoms with van der Waals surface area (Å²) < 4.78 is 17.3. The van der Waals surface area contributed by atoms with Crippen molar-refractivity contribution < 1.29 is 19.0 Å². The molecule has 0 saturated carbocycles. The molecule has 0 bridgehead atoms. The van der Waals surface area contributed by atoms with Gasteiger partial charge >= 0.3 is 5.97 Å². The minimum Gasteiger partial charge on any atom is -0.492 e. The zero-order chi connectivity index (χ0) is 24.2. The third-order valence-corrected chi connectivity index (χ3v) is 6.53. The normalized spacial score (nSPS) is 16.8. The number of ether oxygens (including phenoxy) is 3. The van der Waals surface area contributed by atoms with Crippen molar-refractivity contribution in [3.63, 3.8) is 0 Å². The maximum absolute atomic E-state index is 12.0. The molecule has 0 aromatic heterocycles. The zero-order valence-corrected chi connectivity index (χ0v) is 20.9. The standard InChI is InChI=1S/C28H32ClNO4/c1-27(2,3)34-26(31)12-15-30-16-13-28(14-17-30)20-33-25-19-23(10-11-24(25)28)32-18-4-5-21-6-8-22(29)9-7-21/h6-11,19H,12-18,20H2,1-3H3. The second-order valence-corrected chi connectivity index (χ2v) is 10.4. The number of halogens is 1. The van der Waals surface area contributed by atoms with Gasteiger partial charge < -0.3 is 19.1 Å². The van der Waals surface area contributed by atoms with Gasteiger partial charge in [-0.2, -0.15) is 0 Å². The van der Waals surface area contributed by atoms with Gasteiger partial charge in [0.1, 0.15) is 23.7 Å². The molecule has 0 radical (unpaired) electrons. The molecular formula is C28H32ClNO4. The molecule has 2 aromatic rings. The summed E-state index contributed by atoms with van der Waals surface area (Å²) in [6.45, 7) is 9.34. The van der Waals surface area contributed by atoms with Crippen molar-refractivity contribution in [2.75, 3.05) is 32.8 Å². The Hall–Kier alpha value is -2.68. The van der Waals surface area contributed by atoms with Crippen LogP contribution in [0, 0.1) is 11.8 Å². The highest BCUT2D eigenvalue weighted by Gasteiger charge is 2.43. The molecule has 0 amide bonds. The zero-order valence-electron chi connectivity index (χ0n) is 20.2. The molecule has 0 aliphatic carbocycles. The Morgan fingerprint density at radius 1 is 1.15 bits per heavy atom. The van der Waals surface area contributed by atoms with E-state index in [9.17, 15) is 4.79 Å². The molecule has 2 aromatic carbocycles. The van der Waals surface area contributed by atoms with Gasteiger partial charge in [0.25, 0.3) is 0 Å². The number of carbonyl (C=O) groups excluding carboxylic acids is 1. The molecule has 1 saturated heterocycles. The molecule has 0 N–H and O–H groups in total. The Bertz CT molecular complexity index is 1070. The van der Waals surface area contributed by atoms with E-state index >= 15 is 0 Å². The van der Waals surface area contributed by atoms with Crippen LogP contribution in [0.5, 0.6) is 11.5 Å². The first-order valence-corrected chi connectivity index (χ1v) is 12.2. The third-order valence-electron chi connectivity index (χ3n) is 6.28. The van der Waals surface area contributed by atoms with Gasteiger partial charge in [-0.3, -0.25) is 4.79 Å². The monoisotopic (exact) mass is 481 g/mol. The first-order valence-electron chi connectivity index (χ1n) is 11.8. The van der Waals surface area contributed by atoms with Gasteiger partial charge in [-0.05, 0) is 77.0 Å². The van der Waals surface area contributed by atoms with Crippen LogP contribution in [0.15, 0.2) is 42.5 Å². The predicted octanol–water partition coefficient (Wildman–Crippen LogP) is 5.23. The average Bonchev–Trinajstić information content (AvgIpc) is 3.14. The van der Waals surface area contributed by atoms with E-state index in [1.54, 1.807) is 0 Å². The van der Waals surface area contributed by atoms with Crippen LogP contribution < -0.4 is 9.47 Å². The predicted molar refractivity (Wildman–Crippen MR) is 134 cm³/mol. The Labute approximate surface area is 207 Å². The first-order chi connectivity index (χ1) is 16.2. The fourth-order valence-electron chi connectivity index (χ4n) is 4.49. The van der Waals surface area contributed by atoms with E-state index in [0.29, 0.717) is 24.7 Å². The highest BCUT2D eigenvalue weighted by atomic mass is 35.5. The lowest BCUT2D eigenvalue weighted by Crippen LogP contribution is -2.44. The molecule has 4 rings (SSSR count). The van der Waals surface area contributed by atoms with Crippen molar-refractivity contribution in [3.05, 3.63) is 58.6 Å². The summed E-state index contributed by atoms with van der Waals surface area (Å²) in [5.41, 5.74) is 1.79. The molecule has 2 heterocycles. The van der Waals surface area contributed by atoms with E-state index in [-0.39, 0.29) is 11.4 Å². The molecule has 2 aliphatic heterocycles. The summed E-state index contributed by atoms with van der Waals surface area (Å²) >= 11 is 5.90. The van der Waals surface area contributed by atoms with Gasteiger partial charge in [0, 0.05) is 34.2 Å². The minimum atomic E-state index is -0.431. The quantitative estimate of drug-likeness (QED) is 0.432. The van der Waals surface area contributed by atoms with Crippen molar-refractivity contribution in [1.29, 1.82) is 0 Å². The smallest absolute Gasteiger partial charge is 0.307 e. The maximum Gasteiger partial charge on any atom is 0.307 e. The Balaban J connectivity index is 1.28. The molecular weight excluding hydrogens is 450 g/mol. The maximum atomic E-state index is 12.0. The van der Waals surface area contributed by atoms with E-state index in [1.807, 2.05) is 57.2 Å². The van der Waals surface area contributed by atoms with Crippen LogP contribution in [0.25, 0.3) is 0 Å². The van der Waals surface area contributed by atoms with Crippen LogP contribution in [-0.4, -0.2) is 49.3 Å². The van der Waals surface area contributed by atoms with Crippen molar-refractivity contribution in [2.24, 2.45) is 0 Å². The number of rotatable bonds is 5. The number of carbonyl (C=O) groups is 1. The van der Waals surface area contributed by atoms with Crippen LogP contribution in [0.3, 0.4) is 0 Å². The van der Waals surface area contributed by atoms with Gasteiger partial charge in [-0.25, -0.2) is 0 Å². The lowest BCUT2D eigenvalue weighted by atomic mass is 9.74. The van der Waals surface area contributed by atoms with Crippen LogP contribution >= 0.6 is 11.6 Å². The van der Waals surface area contributed by atoms with Crippen molar-refractivity contribution in [1.82, 2.24) is 4.90 Å². The summed E-state index contributed by atoms with van der Waals surface area (Å²) in [5, 5.41) is 0.698. The van der Waals surface area contributed by atoms with E-state index in [0.717, 1.165) is 49.5 Å². The minimum absolute atomic E-state index is 0.0463. The molecule has 2 aliphatic rings. The molecule has 0 unspecified atom stereocenters. The van der Waals surface area contributed by atoms with Gasteiger partial charge in [0.2, 0.25) is 0 Å². The van der Waals surface area contributed by atoms with Gasteiger partial charge in [0.15, 0.2) is 0 Å². The third kappa shape index (κ3) is 6.25. The first kappa shape index (κ1) is 24.4. The summed E-state index contributed by atoms with van der Waals surface area (Å²) in [4.78, 5) is 14.4. The fraction of sp³-hybridized carbons (Fsp3) is 0.464. The lowest BCUT2D eigenvalue weighted by Gasteiger charge is -2.38. The van der Waals surface area contributed by atoms with Crippen LogP contribution in [0.4, 0.5) is 0 Å². The van der Waals surface area contributed by atoms with E-state index in [2.05, 4.69) is 22.8 Å². The van der Waals surface area contributed by atoms with Crippen molar-refractivity contribution in [2.45, 2.75) is 51.0 Å². The average molecular weight is 482 g/mol. The number of likely N-dealkylation sites (tertiary alicyclic amines) is 1. The molecule has 6 heteroatoms. The number of fused-ring (bicyclic) bond motifs is 2. The second kappa shape index (κ2) is 10.3. The topological polar surface area (TPSA) is 48.0 Å². The largest absolute Gasteiger partial charge is 0.492 e. The van der Waals surface area contributed by atoms with Crippen LogP contribution in [0.1, 0.15) is 51.2 Å². The molecule has 1 fully saturated rings. The summed E-state index contributed by atoms with van der Waals surface area (Å²) in [6.07, 6.45) is 2.46. The van der Waals surface area contributed by atoms with Crippen molar-refractivity contribution in [3.8, 4) is 23.3 Å². The number of benzene rings is 2. The fourth-order valence-corrected chi connectivity index (χ4v) is 4.62. The summed E-state index contributed by atoms with van der Waals surface area (Å²) in [6, 6.07) is 13.6. The number of hydrogen-bond donors (Lipinski definition) is 0. The Morgan fingerprint density at radius 3 is 2.59 bits per heavy atom. The summed E-state index contributed by atoms with van der Waals surface area (Å²) in [7, 11) is 0. The molecule has 34 heavy (non-hydrogen) atoms. The van der Waals surface area contributed by atoms with Gasteiger partial charge in [0.05, 0.1) is 13.0 Å². The second-order valence-electron chi connectivity index (χ2n) is 10.0. The number of hydrogen-bond acceptors (Lipinski definition) is 5. The Morgan fingerprint density at radius 2 is 1.88 bits per heavy atom. The molecule has 0 atom stereocenters. The van der Waals surface area contributed by atoms with Crippen LogP contribution in [-0.2, 0) is 14.9 Å². The highest BCUT2D eigenvalue weighted by Crippen LogP contribution is 2.46. The SMILES string of the molecule is CC(C)(C)OC(=O)CCN1CCC2(CC1)COc1cc(OCC#Cc3ccc(Cl)cc3)ccc12. The highest BCUT2D eigenvalue weighted by molar-refractivity contribution is 6.30. The number of nitrogens with zero attached hydrogens (tertiary/aromatic N) is 1. The molecule has 1 spiro atoms. The van der Waals surface area contributed by atoms with Gasteiger partial charge in [-0.15, -0.1) is 0 Å². The van der Waals surface area contributed by atoms with Crippen LogP contribution in [0.2, 0.25) is 5.02 Å².